The SMILES string of the molecule is Fc1cc(Cl)cnc1-c1cc(Cl)cc(Cl)c1Cl. The minimum Gasteiger partial charge on any atom is -0.252 e. The van der Waals surface area contributed by atoms with Crippen LogP contribution in [0.3, 0.4) is 0 Å². The van der Waals surface area contributed by atoms with Gasteiger partial charge in [0.05, 0.1) is 15.1 Å². The highest BCUT2D eigenvalue weighted by Crippen LogP contribution is 2.36. The molecular weight excluding hydrogens is 307 g/mol. The van der Waals surface area contributed by atoms with Crippen LogP contribution in [0.25, 0.3) is 11.3 Å². The van der Waals surface area contributed by atoms with Crippen molar-refractivity contribution in [2.75, 3.05) is 0 Å². The zero-order valence-corrected chi connectivity index (χ0v) is 11.2. The zero-order chi connectivity index (χ0) is 12.6. The van der Waals surface area contributed by atoms with Crippen LogP contribution in [0.5, 0.6) is 0 Å². The van der Waals surface area contributed by atoms with Gasteiger partial charge >= 0.3 is 0 Å². The van der Waals surface area contributed by atoms with Gasteiger partial charge in [-0.05, 0) is 18.2 Å². The van der Waals surface area contributed by atoms with E-state index in [0.717, 1.165) is 6.07 Å². The molecule has 0 spiro atoms. The van der Waals surface area contributed by atoms with Gasteiger partial charge in [-0.3, -0.25) is 4.98 Å². The molecule has 2 rings (SSSR count). The molecule has 0 saturated heterocycles. The maximum Gasteiger partial charge on any atom is 0.151 e. The normalized spacial score (nSPS) is 10.6. The quantitative estimate of drug-likeness (QED) is 0.634. The Kier molecular flexibility index (Phi) is 3.79. The smallest absolute Gasteiger partial charge is 0.151 e. The number of rotatable bonds is 1. The van der Waals surface area contributed by atoms with Crippen LogP contribution in [0.2, 0.25) is 20.1 Å². The lowest BCUT2D eigenvalue weighted by Crippen LogP contribution is -1.90. The number of benzene rings is 1. The van der Waals surface area contributed by atoms with Crippen molar-refractivity contribution < 1.29 is 4.39 Å². The molecule has 0 N–H and O–H groups in total. The highest BCUT2D eigenvalue weighted by atomic mass is 35.5. The Morgan fingerprint density at radius 2 is 1.65 bits per heavy atom. The topological polar surface area (TPSA) is 12.9 Å². The molecule has 6 heteroatoms. The Labute approximate surface area is 117 Å². The van der Waals surface area contributed by atoms with E-state index in [1.54, 1.807) is 0 Å². The number of aromatic nitrogens is 1. The first-order valence-corrected chi connectivity index (χ1v) is 5.96. The summed E-state index contributed by atoms with van der Waals surface area (Å²) in [4.78, 5) is 3.88. The second-order valence-electron chi connectivity index (χ2n) is 3.23. The summed E-state index contributed by atoms with van der Waals surface area (Å²) in [7, 11) is 0. The molecule has 88 valence electrons. The second kappa shape index (κ2) is 4.99. The van der Waals surface area contributed by atoms with Gasteiger partial charge in [0.1, 0.15) is 5.69 Å². The third-order valence-corrected chi connectivity index (χ3v) is 3.28. The van der Waals surface area contributed by atoms with Crippen LogP contribution in [0.4, 0.5) is 4.39 Å². The molecular formula is C11H4Cl4FN. The number of halogens is 5. The largest absolute Gasteiger partial charge is 0.252 e. The minimum atomic E-state index is -0.585. The Balaban J connectivity index is 2.68. The lowest BCUT2D eigenvalue weighted by atomic mass is 10.1. The van der Waals surface area contributed by atoms with Crippen molar-refractivity contribution in [1.82, 2.24) is 4.98 Å². The maximum atomic E-state index is 13.7. The minimum absolute atomic E-state index is 0.0591. The van der Waals surface area contributed by atoms with Gasteiger partial charge in [0, 0.05) is 16.8 Å². The summed E-state index contributed by atoms with van der Waals surface area (Å²) < 4.78 is 13.7. The molecule has 2 aromatic rings. The predicted molar refractivity (Wildman–Crippen MR) is 69.7 cm³/mol. The Morgan fingerprint density at radius 1 is 0.941 bits per heavy atom. The van der Waals surface area contributed by atoms with E-state index in [0.29, 0.717) is 10.6 Å². The van der Waals surface area contributed by atoms with Crippen molar-refractivity contribution in [3.63, 3.8) is 0 Å². The molecule has 0 radical (unpaired) electrons. The molecule has 0 atom stereocenters. The van der Waals surface area contributed by atoms with E-state index < -0.39 is 5.82 Å². The first-order chi connectivity index (χ1) is 7.99. The van der Waals surface area contributed by atoms with E-state index in [9.17, 15) is 4.39 Å². The lowest BCUT2D eigenvalue weighted by molar-refractivity contribution is 0.626. The lowest BCUT2D eigenvalue weighted by Gasteiger charge is -2.07. The van der Waals surface area contributed by atoms with Gasteiger partial charge < -0.3 is 0 Å². The molecule has 0 aliphatic heterocycles. The summed E-state index contributed by atoms with van der Waals surface area (Å²) in [5, 5.41) is 0.996. The van der Waals surface area contributed by atoms with Crippen molar-refractivity contribution in [2.45, 2.75) is 0 Å². The van der Waals surface area contributed by atoms with Crippen LogP contribution >= 0.6 is 46.4 Å². The van der Waals surface area contributed by atoms with Crippen LogP contribution in [-0.4, -0.2) is 4.98 Å². The summed E-state index contributed by atoms with van der Waals surface area (Å²) in [5.74, 6) is -0.585. The standard InChI is InChI=1S/C11H4Cl4FN/c12-5-1-7(10(15)8(14)2-5)11-9(16)3-6(13)4-17-11/h1-4H. The molecule has 1 aromatic carbocycles. The summed E-state index contributed by atoms with van der Waals surface area (Å²) in [6.07, 6.45) is 1.32. The van der Waals surface area contributed by atoms with Crippen molar-refractivity contribution >= 4 is 46.4 Å². The van der Waals surface area contributed by atoms with Gasteiger partial charge in [0.2, 0.25) is 0 Å². The van der Waals surface area contributed by atoms with Crippen LogP contribution in [-0.2, 0) is 0 Å². The van der Waals surface area contributed by atoms with Crippen LogP contribution in [0.1, 0.15) is 0 Å². The first kappa shape index (κ1) is 12.9. The van der Waals surface area contributed by atoms with Crippen LogP contribution in [0, 0.1) is 5.82 Å². The summed E-state index contributed by atoms with van der Waals surface area (Å²) in [5.41, 5.74) is 0.391. The second-order valence-corrected chi connectivity index (χ2v) is 4.89. The molecule has 0 amide bonds. The average molecular weight is 311 g/mol. The predicted octanol–water partition coefficient (Wildman–Crippen LogP) is 5.50. The first-order valence-electron chi connectivity index (χ1n) is 4.45. The third-order valence-electron chi connectivity index (χ3n) is 2.06. The van der Waals surface area contributed by atoms with Crippen molar-refractivity contribution in [3.05, 3.63) is 50.3 Å². The number of pyridine rings is 1. The Bertz CT molecular complexity index is 586. The molecule has 1 heterocycles. The molecule has 0 aliphatic rings. The summed E-state index contributed by atoms with van der Waals surface area (Å²) in [6.45, 7) is 0. The van der Waals surface area contributed by atoms with Gasteiger partial charge in [-0.25, -0.2) is 4.39 Å². The third kappa shape index (κ3) is 2.66. The fraction of sp³-hybridized carbons (Fsp3) is 0. The van der Waals surface area contributed by atoms with E-state index in [1.807, 2.05) is 0 Å². The number of hydrogen-bond donors (Lipinski definition) is 0. The maximum absolute atomic E-state index is 13.7. The van der Waals surface area contributed by atoms with E-state index in [-0.39, 0.29) is 20.8 Å². The Morgan fingerprint density at radius 3 is 2.29 bits per heavy atom. The molecule has 1 nitrogen and oxygen atoms in total. The monoisotopic (exact) mass is 309 g/mol. The molecule has 17 heavy (non-hydrogen) atoms. The van der Waals surface area contributed by atoms with Gasteiger partial charge in [-0.1, -0.05) is 46.4 Å². The summed E-state index contributed by atoms with van der Waals surface area (Å²) in [6, 6.07) is 4.12. The van der Waals surface area contributed by atoms with Gasteiger partial charge in [-0.2, -0.15) is 0 Å². The molecule has 0 saturated carbocycles. The number of nitrogens with zero attached hydrogens (tertiary/aromatic N) is 1. The zero-order valence-electron chi connectivity index (χ0n) is 8.15. The highest BCUT2D eigenvalue weighted by Gasteiger charge is 2.14. The average Bonchev–Trinajstić information content (AvgIpc) is 2.24. The molecule has 1 aromatic heterocycles. The summed E-state index contributed by atoms with van der Waals surface area (Å²) >= 11 is 23.3. The Hall–Kier alpha value is -0.540. The van der Waals surface area contributed by atoms with Crippen molar-refractivity contribution in [3.8, 4) is 11.3 Å². The van der Waals surface area contributed by atoms with Crippen molar-refractivity contribution in [1.29, 1.82) is 0 Å². The van der Waals surface area contributed by atoms with Gasteiger partial charge in [-0.15, -0.1) is 0 Å². The molecule has 0 fully saturated rings. The molecule has 0 bridgehead atoms. The van der Waals surface area contributed by atoms with Gasteiger partial charge in [0.15, 0.2) is 5.82 Å². The van der Waals surface area contributed by atoms with Gasteiger partial charge in [0.25, 0.3) is 0 Å². The van der Waals surface area contributed by atoms with E-state index in [2.05, 4.69) is 4.98 Å². The van der Waals surface area contributed by atoms with Crippen LogP contribution < -0.4 is 0 Å². The fourth-order valence-corrected chi connectivity index (χ4v) is 2.18. The van der Waals surface area contributed by atoms with E-state index in [1.165, 1.54) is 18.3 Å². The van der Waals surface area contributed by atoms with Crippen molar-refractivity contribution in [2.24, 2.45) is 0 Å². The van der Waals surface area contributed by atoms with E-state index in [4.69, 9.17) is 46.4 Å². The highest BCUT2D eigenvalue weighted by molar-refractivity contribution is 6.45. The van der Waals surface area contributed by atoms with Crippen LogP contribution in [0.15, 0.2) is 24.4 Å². The fourth-order valence-electron chi connectivity index (χ4n) is 1.34. The number of hydrogen-bond acceptors (Lipinski definition) is 1. The molecule has 0 aliphatic carbocycles. The van der Waals surface area contributed by atoms with E-state index >= 15 is 0 Å². The molecule has 0 unspecified atom stereocenters.